The minimum Gasteiger partial charge on any atom is -0.350 e. The van der Waals surface area contributed by atoms with Crippen LogP contribution in [0.3, 0.4) is 0 Å². The molecule has 0 saturated carbocycles. The van der Waals surface area contributed by atoms with Crippen LogP contribution in [0.25, 0.3) is 0 Å². The lowest BCUT2D eigenvalue weighted by Crippen LogP contribution is -2.32. The van der Waals surface area contributed by atoms with Crippen molar-refractivity contribution in [3.8, 4) is 0 Å². The lowest BCUT2D eigenvalue weighted by Gasteiger charge is -2.18. The standard InChI is InChI=1S/C24H16Cl3N3O3/c1-29(16-5-3-2-4-6-16)22(31)14-7-9-15(10-8-14)28-21-20(27)23(32)30(24(21)33)17-11-12-18(25)19(26)13-17/h2-13,28H,1H3. The molecule has 166 valence electrons. The number of hydrogen-bond donors (Lipinski definition) is 1. The van der Waals surface area contributed by atoms with E-state index in [9.17, 15) is 14.4 Å². The Labute approximate surface area is 205 Å². The predicted molar refractivity (Wildman–Crippen MR) is 131 cm³/mol. The Morgan fingerprint density at radius 3 is 2.15 bits per heavy atom. The van der Waals surface area contributed by atoms with Crippen LogP contribution in [-0.2, 0) is 9.59 Å². The SMILES string of the molecule is CN(C(=O)c1ccc(NC2=C(Cl)C(=O)N(c3ccc(Cl)c(Cl)c3)C2=O)cc1)c1ccccc1. The minimum atomic E-state index is -0.682. The fourth-order valence-corrected chi connectivity index (χ4v) is 3.78. The molecule has 0 spiro atoms. The summed E-state index contributed by atoms with van der Waals surface area (Å²) in [5.74, 6) is -1.51. The van der Waals surface area contributed by atoms with E-state index in [1.807, 2.05) is 30.3 Å². The first-order valence-electron chi connectivity index (χ1n) is 9.71. The summed E-state index contributed by atoms with van der Waals surface area (Å²) in [5.41, 5.74) is 1.88. The number of amides is 3. The second-order valence-corrected chi connectivity index (χ2v) is 8.33. The van der Waals surface area contributed by atoms with Crippen LogP contribution in [-0.4, -0.2) is 24.8 Å². The van der Waals surface area contributed by atoms with Gasteiger partial charge in [-0.1, -0.05) is 53.0 Å². The highest BCUT2D eigenvalue weighted by Crippen LogP contribution is 2.33. The van der Waals surface area contributed by atoms with Gasteiger partial charge in [0, 0.05) is 24.0 Å². The maximum Gasteiger partial charge on any atom is 0.283 e. The molecule has 3 aromatic rings. The van der Waals surface area contributed by atoms with Crippen LogP contribution in [0.2, 0.25) is 10.0 Å². The van der Waals surface area contributed by atoms with Gasteiger partial charge in [-0.15, -0.1) is 0 Å². The topological polar surface area (TPSA) is 69.7 Å². The number of benzene rings is 3. The molecule has 9 heteroatoms. The molecule has 4 rings (SSSR count). The number of hydrogen-bond acceptors (Lipinski definition) is 4. The van der Waals surface area contributed by atoms with Gasteiger partial charge in [-0.2, -0.15) is 0 Å². The Morgan fingerprint density at radius 2 is 1.52 bits per heavy atom. The van der Waals surface area contributed by atoms with Crippen LogP contribution in [0.1, 0.15) is 10.4 Å². The highest BCUT2D eigenvalue weighted by atomic mass is 35.5. The number of rotatable bonds is 5. The molecule has 0 fully saturated rings. The number of para-hydroxylation sites is 1. The van der Waals surface area contributed by atoms with Crippen LogP contribution >= 0.6 is 34.8 Å². The van der Waals surface area contributed by atoms with Gasteiger partial charge < -0.3 is 10.2 Å². The van der Waals surface area contributed by atoms with Crippen molar-refractivity contribution in [2.45, 2.75) is 0 Å². The number of nitrogens with zero attached hydrogens (tertiary/aromatic N) is 2. The van der Waals surface area contributed by atoms with Gasteiger partial charge in [-0.3, -0.25) is 14.4 Å². The third-order valence-corrected chi connectivity index (χ3v) is 6.13. The second kappa shape index (κ2) is 9.27. The normalized spacial score (nSPS) is 13.5. The zero-order chi connectivity index (χ0) is 23.7. The Kier molecular flexibility index (Phi) is 6.42. The molecule has 1 heterocycles. The molecule has 0 aliphatic carbocycles. The van der Waals surface area contributed by atoms with Gasteiger partial charge in [0.2, 0.25) is 0 Å². The van der Waals surface area contributed by atoms with Crippen molar-refractivity contribution in [1.29, 1.82) is 0 Å². The van der Waals surface area contributed by atoms with E-state index in [2.05, 4.69) is 5.32 Å². The summed E-state index contributed by atoms with van der Waals surface area (Å²) in [4.78, 5) is 40.7. The third kappa shape index (κ3) is 4.46. The van der Waals surface area contributed by atoms with Gasteiger partial charge in [0.05, 0.1) is 15.7 Å². The number of halogens is 3. The summed E-state index contributed by atoms with van der Waals surface area (Å²) in [5, 5.41) is 3.12. The zero-order valence-corrected chi connectivity index (χ0v) is 19.4. The Balaban J connectivity index is 1.52. The Hall–Kier alpha value is -3.32. The van der Waals surface area contributed by atoms with E-state index in [0.29, 0.717) is 16.3 Å². The fraction of sp³-hybridized carbons (Fsp3) is 0.0417. The zero-order valence-electron chi connectivity index (χ0n) is 17.2. The summed E-state index contributed by atoms with van der Waals surface area (Å²) < 4.78 is 0. The lowest BCUT2D eigenvalue weighted by molar-refractivity contribution is -0.120. The Bertz CT molecular complexity index is 1290. The highest BCUT2D eigenvalue weighted by Gasteiger charge is 2.39. The fourth-order valence-electron chi connectivity index (χ4n) is 3.27. The molecule has 3 aromatic carbocycles. The van der Waals surface area contributed by atoms with Crippen LogP contribution in [0.15, 0.2) is 83.5 Å². The van der Waals surface area contributed by atoms with Gasteiger partial charge >= 0.3 is 0 Å². The van der Waals surface area contributed by atoms with E-state index >= 15 is 0 Å². The average Bonchev–Trinajstić information content (AvgIpc) is 3.04. The van der Waals surface area contributed by atoms with Crippen LogP contribution in [0, 0.1) is 0 Å². The smallest absolute Gasteiger partial charge is 0.283 e. The number of imide groups is 1. The number of nitrogens with one attached hydrogen (secondary N) is 1. The van der Waals surface area contributed by atoms with E-state index in [1.165, 1.54) is 23.1 Å². The Morgan fingerprint density at radius 1 is 0.848 bits per heavy atom. The van der Waals surface area contributed by atoms with Crippen LogP contribution in [0.5, 0.6) is 0 Å². The van der Waals surface area contributed by atoms with Crippen molar-refractivity contribution < 1.29 is 14.4 Å². The van der Waals surface area contributed by atoms with Crippen LogP contribution in [0.4, 0.5) is 17.1 Å². The number of anilines is 3. The van der Waals surface area contributed by atoms with Crippen molar-refractivity contribution in [1.82, 2.24) is 0 Å². The van der Waals surface area contributed by atoms with Crippen molar-refractivity contribution in [2.75, 3.05) is 22.2 Å². The summed E-state index contributed by atoms with van der Waals surface area (Å²) >= 11 is 18.1. The molecule has 0 atom stereocenters. The molecule has 0 aromatic heterocycles. The first-order valence-corrected chi connectivity index (χ1v) is 10.8. The summed E-state index contributed by atoms with van der Waals surface area (Å²) in [6, 6.07) is 20.2. The van der Waals surface area contributed by atoms with Crippen molar-refractivity contribution in [3.05, 3.63) is 99.1 Å². The summed E-state index contributed by atoms with van der Waals surface area (Å²) in [6.07, 6.45) is 0. The molecule has 0 radical (unpaired) electrons. The van der Waals surface area contributed by atoms with Gasteiger partial charge in [-0.25, -0.2) is 4.90 Å². The molecule has 6 nitrogen and oxygen atoms in total. The maximum absolute atomic E-state index is 12.9. The van der Waals surface area contributed by atoms with E-state index in [-0.39, 0.29) is 27.3 Å². The highest BCUT2D eigenvalue weighted by molar-refractivity contribution is 6.53. The van der Waals surface area contributed by atoms with Gasteiger partial charge in [0.1, 0.15) is 10.7 Å². The molecule has 1 aliphatic rings. The van der Waals surface area contributed by atoms with Crippen molar-refractivity contribution in [2.24, 2.45) is 0 Å². The van der Waals surface area contributed by atoms with Crippen molar-refractivity contribution in [3.63, 3.8) is 0 Å². The van der Waals surface area contributed by atoms with E-state index in [0.717, 1.165) is 10.6 Å². The van der Waals surface area contributed by atoms with E-state index < -0.39 is 11.8 Å². The molecular weight excluding hydrogens is 485 g/mol. The molecule has 1 N–H and O–H groups in total. The molecule has 0 saturated heterocycles. The van der Waals surface area contributed by atoms with E-state index in [4.69, 9.17) is 34.8 Å². The lowest BCUT2D eigenvalue weighted by atomic mass is 10.1. The summed E-state index contributed by atoms with van der Waals surface area (Å²) in [7, 11) is 1.69. The molecule has 0 bridgehead atoms. The third-order valence-electron chi connectivity index (χ3n) is 5.04. The predicted octanol–water partition coefficient (Wildman–Crippen LogP) is 5.71. The van der Waals surface area contributed by atoms with Crippen LogP contribution < -0.4 is 15.1 Å². The maximum atomic E-state index is 12.9. The largest absolute Gasteiger partial charge is 0.350 e. The number of carbonyl (C=O) groups is 3. The monoisotopic (exact) mass is 499 g/mol. The first kappa shape index (κ1) is 22.9. The second-order valence-electron chi connectivity index (χ2n) is 7.14. The molecule has 33 heavy (non-hydrogen) atoms. The number of carbonyl (C=O) groups excluding carboxylic acids is 3. The average molecular weight is 501 g/mol. The van der Waals surface area contributed by atoms with Gasteiger partial charge in [0.15, 0.2) is 0 Å². The summed E-state index contributed by atoms with van der Waals surface area (Å²) in [6.45, 7) is 0. The molecule has 0 unspecified atom stereocenters. The quantitative estimate of drug-likeness (QED) is 0.456. The van der Waals surface area contributed by atoms with Crippen molar-refractivity contribution >= 4 is 69.6 Å². The van der Waals surface area contributed by atoms with Gasteiger partial charge in [0.25, 0.3) is 17.7 Å². The van der Waals surface area contributed by atoms with Gasteiger partial charge in [-0.05, 0) is 54.6 Å². The molecule has 1 aliphatic heterocycles. The molecular formula is C24H16Cl3N3O3. The molecule has 3 amide bonds. The minimum absolute atomic E-state index is 0.0757. The van der Waals surface area contributed by atoms with E-state index in [1.54, 1.807) is 31.3 Å². The first-order chi connectivity index (χ1) is 15.8.